The van der Waals surface area contributed by atoms with Gasteiger partial charge in [0.05, 0.1) is 11.0 Å². The molecule has 0 bridgehead atoms. The van der Waals surface area contributed by atoms with E-state index in [1.54, 1.807) is 12.1 Å². The van der Waals surface area contributed by atoms with Gasteiger partial charge in [0.1, 0.15) is 11.6 Å². The maximum absolute atomic E-state index is 13.3. The number of nitrogens with one attached hydrogen (secondary N) is 2. The predicted molar refractivity (Wildman–Crippen MR) is 124 cm³/mol. The van der Waals surface area contributed by atoms with Crippen LogP contribution in [0.25, 0.3) is 11.0 Å². The Balaban J connectivity index is 1.49. The number of imidazole rings is 1. The molecule has 0 aliphatic heterocycles. The van der Waals surface area contributed by atoms with Crippen molar-refractivity contribution in [2.45, 2.75) is 19.9 Å². The Morgan fingerprint density at radius 1 is 1.03 bits per heavy atom. The molecular formula is C24H23FN4S. The first-order chi connectivity index (χ1) is 14.6. The van der Waals surface area contributed by atoms with E-state index in [0.29, 0.717) is 24.6 Å². The predicted octanol–water partition coefficient (Wildman–Crippen LogP) is 5.45. The molecule has 30 heavy (non-hydrogen) atoms. The van der Waals surface area contributed by atoms with Crippen LogP contribution in [0.3, 0.4) is 0 Å². The van der Waals surface area contributed by atoms with Crippen molar-refractivity contribution in [2.24, 2.45) is 0 Å². The van der Waals surface area contributed by atoms with Gasteiger partial charge in [0.15, 0.2) is 5.11 Å². The summed E-state index contributed by atoms with van der Waals surface area (Å²) >= 11 is 5.71. The van der Waals surface area contributed by atoms with E-state index in [2.05, 4.69) is 27.1 Å². The van der Waals surface area contributed by atoms with E-state index < -0.39 is 0 Å². The maximum Gasteiger partial charge on any atom is 0.173 e. The summed E-state index contributed by atoms with van der Waals surface area (Å²) in [4.78, 5) is 10.1. The highest BCUT2D eigenvalue weighted by atomic mass is 32.1. The summed E-state index contributed by atoms with van der Waals surface area (Å²) in [6, 6.07) is 22.6. The zero-order valence-corrected chi connectivity index (χ0v) is 17.5. The zero-order valence-electron chi connectivity index (χ0n) is 16.7. The van der Waals surface area contributed by atoms with E-state index in [1.165, 1.54) is 17.7 Å². The third-order valence-electron chi connectivity index (χ3n) is 4.93. The van der Waals surface area contributed by atoms with Gasteiger partial charge in [-0.05, 0) is 61.1 Å². The van der Waals surface area contributed by atoms with Crippen molar-refractivity contribution < 1.29 is 4.39 Å². The van der Waals surface area contributed by atoms with Gasteiger partial charge < -0.3 is 15.2 Å². The minimum atomic E-state index is -0.243. The number of aryl methyl sites for hydroxylation is 1. The van der Waals surface area contributed by atoms with Gasteiger partial charge in [-0.3, -0.25) is 0 Å². The smallest absolute Gasteiger partial charge is 0.173 e. The van der Waals surface area contributed by atoms with Crippen LogP contribution in [-0.4, -0.2) is 26.5 Å². The van der Waals surface area contributed by atoms with Gasteiger partial charge >= 0.3 is 0 Å². The van der Waals surface area contributed by atoms with Gasteiger partial charge in [0.25, 0.3) is 0 Å². The molecule has 1 heterocycles. The number of hydrogen-bond acceptors (Lipinski definition) is 2. The Morgan fingerprint density at radius 2 is 1.77 bits per heavy atom. The number of rotatable bonds is 6. The topological polar surface area (TPSA) is 44.0 Å². The fourth-order valence-corrected chi connectivity index (χ4v) is 3.54. The molecule has 0 fully saturated rings. The fourth-order valence-electron chi connectivity index (χ4n) is 3.27. The normalized spacial score (nSPS) is 10.9. The van der Waals surface area contributed by atoms with Crippen LogP contribution in [0.5, 0.6) is 0 Å². The van der Waals surface area contributed by atoms with Crippen LogP contribution in [0.4, 0.5) is 10.1 Å². The quantitative estimate of drug-likeness (QED) is 0.409. The highest BCUT2D eigenvalue weighted by Crippen LogP contribution is 2.15. The Hall–Kier alpha value is -3.25. The molecule has 0 atom stereocenters. The molecule has 152 valence electrons. The van der Waals surface area contributed by atoms with Crippen molar-refractivity contribution in [3.8, 4) is 0 Å². The van der Waals surface area contributed by atoms with E-state index in [0.717, 1.165) is 28.1 Å². The fraction of sp³-hybridized carbons (Fsp3) is 0.167. The molecule has 0 spiro atoms. The van der Waals surface area contributed by atoms with Crippen LogP contribution < -0.4 is 5.32 Å². The molecule has 6 heteroatoms. The Bertz CT molecular complexity index is 1100. The molecule has 0 saturated carbocycles. The van der Waals surface area contributed by atoms with Crippen LogP contribution in [-0.2, 0) is 13.0 Å². The summed E-state index contributed by atoms with van der Waals surface area (Å²) in [6.45, 7) is 3.31. The third kappa shape index (κ3) is 5.02. The Labute approximate surface area is 180 Å². The summed E-state index contributed by atoms with van der Waals surface area (Å²) < 4.78 is 13.3. The SMILES string of the molecule is Cc1ccc(NC(=S)N(CCc2nc3ccccc3[nH]2)Cc2ccc(F)cc2)cc1. The van der Waals surface area contributed by atoms with Crippen LogP contribution in [0.2, 0.25) is 0 Å². The second-order valence-electron chi connectivity index (χ2n) is 7.29. The number of nitrogens with zero attached hydrogens (tertiary/aromatic N) is 2. The molecule has 3 aromatic carbocycles. The van der Waals surface area contributed by atoms with Crippen molar-refractivity contribution in [3.05, 3.63) is 95.6 Å². The van der Waals surface area contributed by atoms with Crippen molar-refractivity contribution >= 4 is 34.1 Å². The van der Waals surface area contributed by atoms with Crippen molar-refractivity contribution in [2.75, 3.05) is 11.9 Å². The number of thiocarbonyl (C=S) groups is 1. The monoisotopic (exact) mass is 418 g/mol. The number of anilines is 1. The number of halogens is 1. The molecular weight excluding hydrogens is 395 g/mol. The molecule has 0 saturated heterocycles. The lowest BCUT2D eigenvalue weighted by atomic mass is 10.2. The number of benzene rings is 3. The maximum atomic E-state index is 13.3. The Kier molecular flexibility index (Phi) is 6.05. The van der Waals surface area contributed by atoms with Crippen molar-refractivity contribution in [3.63, 3.8) is 0 Å². The van der Waals surface area contributed by atoms with Gasteiger partial charge in [-0.25, -0.2) is 9.37 Å². The first kappa shape index (κ1) is 20.0. The highest BCUT2D eigenvalue weighted by molar-refractivity contribution is 7.80. The molecule has 0 aliphatic carbocycles. The summed E-state index contributed by atoms with van der Waals surface area (Å²) in [7, 11) is 0. The zero-order chi connectivity index (χ0) is 20.9. The molecule has 1 aromatic heterocycles. The highest BCUT2D eigenvalue weighted by Gasteiger charge is 2.13. The van der Waals surface area contributed by atoms with Crippen LogP contribution in [0.15, 0.2) is 72.8 Å². The number of fused-ring (bicyclic) bond motifs is 1. The molecule has 4 aromatic rings. The number of aromatic nitrogens is 2. The summed E-state index contributed by atoms with van der Waals surface area (Å²) in [5.41, 5.74) is 5.11. The van der Waals surface area contributed by atoms with Gasteiger partial charge in [0, 0.05) is 25.2 Å². The second kappa shape index (κ2) is 9.05. The lowest BCUT2D eigenvalue weighted by Crippen LogP contribution is -2.36. The van der Waals surface area contributed by atoms with E-state index >= 15 is 0 Å². The van der Waals surface area contributed by atoms with Crippen molar-refractivity contribution in [1.82, 2.24) is 14.9 Å². The van der Waals surface area contributed by atoms with E-state index in [4.69, 9.17) is 12.2 Å². The van der Waals surface area contributed by atoms with E-state index in [-0.39, 0.29) is 5.82 Å². The average Bonchev–Trinajstić information content (AvgIpc) is 3.17. The van der Waals surface area contributed by atoms with E-state index in [1.807, 2.05) is 48.5 Å². The molecule has 4 rings (SSSR count). The lowest BCUT2D eigenvalue weighted by molar-refractivity contribution is 0.419. The van der Waals surface area contributed by atoms with Crippen molar-refractivity contribution in [1.29, 1.82) is 0 Å². The first-order valence-electron chi connectivity index (χ1n) is 9.87. The minimum Gasteiger partial charge on any atom is -0.344 e. The minimum absolute atomic E-state index is 0.243. The standard InChI is InChI=1S/C24H23FN4S/c1-17-6-12-20(13-7-17)26-24(30)29(16-18-8-10-19(25)11-9-18)15-14-23-27-21-4-2-3-5-22(21)28-23/h2-13H,14-16H2,1H3,(H,26,30)(H,27,28). The lowest BCUT2D eigenvalue weighted by Gasteiger charge is -2.26. The molecule has 0 unspecified atom stereocenters. The number of aromatic amines is 1. The number of H-pyrrole nitrogens is 1. The largest absolute Gasteiger partial charge is 0.344 e. The first-order valence-corrected chi connectivity index (χ1v) is 10.3. The molecule has 0 radical (unpaired) electrons. The van der Waals surface area contributed by atoms with Gasteiger partial charge in [-0.1, -0.05) is 42.0 Å². The summed E-state index contributed by atoms with van der Waals surface area (Å²) in [5.74, 6) is 0.673. The second-order valence-corrected chi connectivity index (χ2v) is 7.68. The van der Waals surface area contributed by atoms with E-state index in [9.17, 15) is 4.39 Å². The van der Waals surface area contributed by atoms with Gasteiger partial charge in [-0.2, -0.15) is 0 Å². The molecule has 0 amide bonds. The van der Waals surface area contributed by atoms with Gasteiger partial charge in [-0.15, -0.1) is 0 Å². The number of para-hydroxylation sites is 2. The van der Waals surface area contributed by atoms with Gasteiger partial charge in [0.2, 0.25) is 0 Å². The summed E-state index contributed by atoms with van der Waals surface area (Å²) in [6.07, 6.45) is 0.714. The summed E-state index contributed by atoms with van der Waals surface area (Å²) in [5, 5.41) is 3.94. The number of hydrogen-bond donors (Lipinski definition) is 2. The van der Waals surface area contributed by atoms with Crippen LogP contribution in [0.1, 0.15) is 17.0 Å². The third-order valence-corrected chi connectivity index (χ3v) is 5.29. The molecule has 2 N–H and O–H groups in total. The Morgan fingerprint density at radius 3 is 2.50 bits per heavy atom. The average molecular weight is 419 g/mol. The molecule has 0 aliphatic rings. The molecule has 4 nitrogen and oxygen atoms in total. The van der Waals surface area contributed by atoms with Crippen LogP contribution in [0, 0.1) is 12.7 Å². The van der Waals surface area contributed by atoms with Crippen LogP contribution >= 0.6 is 12.2 Å².